The number of thioether (sulfide) groups is 1. The smallest absolute Gasteiger partial charge is 0.145 e. The largest absolute Gasteiger partial charge is 0.382 e. The maximum absolute atomic E-state index is 5.59. The van der Waals surface area contributed by atoms with Crippen LogP contribution in [0.5, 0.6) is 0 Å². The lowest BCUT2D eigenvalue weighted by Gasteiger charge is -2.37. The van der Waals surface area contributed by atoms with Crippen LogP contribution in [0.15, 0.2) is 12.3 Å². The molecule has 0 spiro atoms. The first kappa shape index (κ1) is 11.8. The number of aromatic nitrogens is 2. The molecule has 0 aromatic carbocycles. The van der Waals surface area contributed by atoms with E-state index in [0.717, 1.165) is 18.3 Å². The highest BCUT2D eigenvalue weighted by atomic mass is 32.2. The molecule has 5 heteroatoms. The molecule has 1 aromatic heterocycles. The van der Waals surface area contributed by atoms with Gasteiger partial charge in [-0.2, -0.15) is 16.9 Å². The lowest BCUT2D eigenvalue weighted by Crippen LogP contribution is -2.45. The summed E-state index contributed by atoms with van der Waals surface area (Å²) in [5.41, 5.74) is 5.59. The molecule has 2 unspecified atom stereocenters. The first-order valence-electron chi connectivity index (χ1n) is 5.81. The molecule has 0 bridgehead atoms. The van der Waals surface area contributed by atoms with Gasteiger partial charge in [-0.15, -0.1) is 0 Å². The van der Waals surface area contributed by atoms with Crippen LogP contribution in [0.25, 0.3) is 0 Å². The van der Waals surface area contributed by atoms with E-state index in [0.29, 0.717) is 11.9 Å². The molecule has 2 heterocycles. The average molecular weight is 240 g/mol. The van der Waals surface area contributed by atoms with Crippen molar-refractivity contribution in [1.29, 1.82) is 0 Å². The lowest BCUT2D eigenvalue weighted by atomic mass is 10.2. The van der Waals surface area contributed by atoms with Gasteiger partial charge in [0.2, 0.25) is 0 Å². The Morgan fingerprint density at radius 2 is 2.31 bits per heavy atom. The van der Waals surface area contributed by atoms with Crippen LogP contribution in [0.2, 0.25) is 0 Å². The zero-order valence-electron chi connectivity index (χ0n) is 9.97. The van der Waals surface area contributed by atoms with Gasteiger partial charge in [0.1, 0.15) is 5.82 Å². The van der Waals surface area contributed by atoms with E-state index in [1.54, 1.807) is 0 Å². The van der Waals surface area contributed by atoms with Crippen molar-refractivity contribution in [2.45, 2.75) is 31.7 Å². The first-order chi connectivity index (χ1) is 7.66. The number of nitrogens with zero attached hydrogens (tertiary/aromatic N) is 3. The SMILES string of the molecule is CC1SCCN(CCn2ccc(N)n2)C1C. The Balaban J connectivity index is 1.85. The quantitative estimate of drug-likeness (QED) is 0.865. The van der Waals surface area contributed by atoms with Crippen molar-refractivity contribution in [2.75, 3.05) is 24.6 Å². The minimum Gasteiger partial charge on any atom is -0.382 e. The van der Waals surface area contributed by atoms with E-state index in [2.05, 4.69) is 35.6 Å². The topological polar surface area (TPSA) is 47.1 Å². The second-order valence-electron chi connectivity index (χ2n) is 4.36. The molecule has 4 nitrogen and oxygen atoms in total. The summed E-state index contributed by atoms with van der Waals surface area (Å²) in [6.07, 6.45) is 1.95. The Labute approximate surface area is 101 Å². The molecule has 2 rings (SSSR count). The fourth-order valence-electron chi connectivity index (χ4n) is 2.04. The van der Waals surface area contributed by atoms with Crippen molar-refractivity contribution in [1.82, 2.24) is 14.7 Å². The fraction of sp³-hybridized carbons (Fsp3) is 0.727. The zero-order chi connectivity index (χ0) is 11.5. The normalized spacial score (nSPS) is 27.1. The molecular formula is C11H20N4S. The van der Waals surface area contributed by atoms with Crippen LogP contribution in [0.1, 0.15) is 13.8 Å². The van der Waals surface area contributed by atoms with Gasteiger partial charge in [-0.1, -0.05) is 6.92 Å². The number of nitrogens with two attached hydrogens (primary N) is 1. The van der Waals surface area contributed by atoms with Gasteiger partial charge in [0.25, 0.3) is 0 Å². The Hall–Kier alpha value is -0.680. The van der Waals surface area contributed by atoms with E-state index in [9.17, 15) is 0 Å². The zero-order valence-corrected chi connectivity index (χ0v) is 10.8. The molecule has 1 aliphatic rings. The van der Waals surface area contributed by atoms with Gasteiger partial charge < -0.3 is 5.73 Å². The summed E-state index contributed by atoms with van der Waals surface area (Å²) >= 11 is 2.07. The summed E-state index contributed by atoms with van der Waals surface area (Å²) in [4.78, 5) is 2.54. The van der Waals surface area contributed by atoms with Gasteiger partial charge >= 0.3 is 0 Å². The van der Waals surface area contributed by atoms with Gasteiger partial charge in [0.15, 0.2) is 0 Å². The van der Waals surface area contributed by atoms with Crippen molar-refractivity contribution in [3.63, 3.8) is 0 Å². The third-order valence-corrected chi connectivity index (χ3v) is 4.63. The third-order valence-electron chi connectivity index (χ3n) is 3.29. The van der Waals surface area contributed by atoms with E-state index < -0.39 is 0 Å². The maximum atomic E-state index is 5.59. The number of hydrogen-bond donors (Lipinski definition) is 1. The molecule has 0 saturated carbocycles. The summed E-state index contributed by atoms with van der Waals surface area (Å²) in [5.74, 6) is 1.85. The minimum absolute atomic E-state index is 0.607. The predicted molar refractivity (Wildman–Crippen MR) is 69.6 cm³/mol. The summed E-state index contributed by atoms with van der Waals surface area (Å²) in [6.45, 7) is 7.81. The van der Waals surface area contributed by atoms with Gasteiger partial charge in [0.05, 0.1) is 6.54 Å². The molecule has 0 radical (unpaired) electrons. The van der Waals surface area contributed by atoms with E-state index in [-0.39, 0.29) is 0 Å². The fourth-order valence-corrected chi connectivity index (χ4v) is 3.21. The molecule has 1 aliphatic heterocycles. The van der Waals surface area contributed by atoms with Crippen LogP contribution >= 0.6 is 11.8 Å². The maximum Gasteiger partial charge on any atom is 0.145 e. The highest BCUT2D eigenvalue weighted by Crippen LogP contribution is 2.23. The Bertz CT molecular complexity index is 338. The molecule has 16 heavy (non-hydrogen) atoms. The van der Waals surface area contributed by atoms with E-state index in [1.807, 2.05) is 16.9 Å². The van der Waals surface area contributed by atoms with Crippen LogP contribution in [0.4, 0.5) is 5.82 Å². The Morgan fingerprint density at radius 1 is 1.50 bits per heavy atom. The second kappa shape index (κ2) is 5.10. The van der Waals surface area contributed by atoms with Gasteiger partial charge in [-0.05, 0) is 13.0 Å². The van der Waals surface area contributed by atoms with Crippen molar-refractivity contribution in [2.24, 2.45) is 0 Å². The second-order valence-corrected chi connectivity index (χ2v) is 5.84. The summed E-state index contributed by atoms with van der Waals surface area (Å²) in [6, 6.07) is 2.50. The van der Waals surface area contributed by atoms with E-state index in [1.165, 1.54) is 12.3 Å². The summed E-state index contributed by atoms with van der Waals surface area (Å²) in [7, 11) is 0. The summed E-state index contributed by atoms with van der Waals surface area (Å²) < 4.78 is 1.93. The molecular weight excluding hydrogens is 220 g/mol. The minimum atomic E-state index is 0.607. The Kier molecular flexibility index (Phi) is 3.76. The molecule has 2 atom stereocenters. The van der Waals surface area contributed by atoms with Crippen LogP contribution < -0.4 is 5.73 Å². The number of nitrogen functional groups attached to an aromatic ring is 1. The molecule has 1 aromatic rings. The van der Waals surface area contributed by atoms with Crippen LogP contribution in [0, 0.1) is 0 Å². The summed E-state index contributed by atoms with van der Waals surface area (Å²) in [5, 5.41) is 4.93. The third kappa shape index (κ3) is 2.71. The van der Waals surface area contributed by atoms with Gasteiger partial charge in [-0.25, -0.2) is 0 Å². The van der Waals surface area contributed by atoms with Gasteiger partial charge in [-0.3, -0.25) is 9.58 Å². The first-order valence-corrected chi connectivity index (χ1v) is 6.86. The molecule has 0 aliphatic carbocycles. The Morgan fingerprint density at radius 3 is 3.00 bits per heavy atom. The van der Waals surface area contributed by atoms with Crippen LogP contribution in [0.3, 0.4) is 0 Å². The van der Waals surface area contributed by atoms with Crippen molar-refractivity contribution < 1.29 is 0 Å². The molecule has 90 valence electrons. The molecule has 1 fully saturated rings. The average Bonchev–Trinajstić information content (AvgIpc) is 2.67. The predicted octanol–water partition coefficient (Wildman–Crippen LogP) is 1.29. The van der Waals surface area contributed by atoms with Gasteiger partial charge in [0, 0.05) is 36.3 Å². The van der Waals surface area contributed by atoms with Crippen molar-refractivity contribution >= 4 is 17.6 Å². The number of anilines is 1. The lowest BCUT2D eigenvalue weighted by molar-refractivity contribution is 0.202. The molecule has 2 N–H and O–H groups in total. The molecule has 1 saturated heterocycles. The monoisotopic (exact) mass is 240 g/mol. The standard InChI is InChI=1S/C11H20N4S/c1-9-10(2)16-8-7-14(9)5-6-15-4-3-11(12)13-15/h3-4,9-10H,5-8H2,1-2H3,(H2,12,13). The number of hydrogen-bond acceptors (Lipinski definition) is 4. The molecule has 0 amide bonds. The van der Waals surface area contributed by atoms with Crippen molar-refractivity contribution in [3.05, 3.63) is 12.3 Å². The van der Waals surface area contributed by atoms with E-state index >= 15 is 0 Å². The van der Waals surface area contributed by atoms with Crippen LogP contribution in [-0.2, 0) is 6.54 Å². The van der Waals surface area contributed by atoms with Crippen molar-refractivity contribution in [3.8, 4) is 0 Å². The number of rotatable bonds is 3. The van der Waals surface area contributed by atoms with E-state index in [4.69, 9.17) is 5.73 Å². The highest BCUT2D eigenvalue weighted by Gasteiger charge is 2.24. The van der Waals surface area contributed by atoms with Crippen LogP contribution in [-0.4, -0.2) is 44.8 Å². The highest BCUT2D eigenvalue weighted by molar-refractivity contribution is 8.00.